The molecule has 1 aromatic carbocycles. The van der Waals surface area contributed by atoms with Crippen molar-refractivity contribution in [1.29, 1.82) is 0 Å². The molecule has 1 aromatic heterocycles. The van der Waals surface area contributed by atoms with Gasteiger partial charge in [0.2, 0.25) is 15.9 Å². The lowest BCUT2D eigenvalue weighted by Gasteiger charge is -2.20. The van der Waals surface area contributed by atoms with Gasteiger partial charge in [0.1, 0.15) is 11.5 Å². The zero-order chi connectivity index (χ0) is 18.3. The Kier molecular flexibility index (Phi) is 6.37. The van der Waals surface area contributed by atoms with Crippen molar-refractivity contribution in [2.24, 2.45) is 0 Å². The maximum atomic E-state index is 12.7. The number of ether oxygens (including phenoxy) is 1. The van der Waals surface area contributed by atoms with Gasteiger partial charge in [0.15, 0.2) is 0 Å². The van der Waals surface area contributed by atoms with Crippen molar-refractivity contribution in [3.05, 3.63) is 61.1 Å². The molecule has 0 saturated carbocycles. The summed E-state index contributed by atoms with van der Waals surface area (Å²) in [6, 6.07) is 9.40. The molecule has 1 heterocycles. The summed E-state index contributed by atoms with van der Waals surface area (Å²) >= 11 is 0. The second-order valence-corrected chi connectivity index (χ2v) is 7.06. The molecule has 134 valence electrons. The van der Waals surface area contributed by atoms with Crippen molar-refractivity contribution in [3.8, 4) is 5.75 Å². The molecule has 0 unspecified atom stereocenters. The lowest BCUT2D eigenvalue weighted by Crippen LogP contribution is -2.40. The number of nitrogens with one attached hydrogen (secondary N) is 1. The third kappa shape index (κ3) is 4.94. The highest BCUT2D eigenvalue weighted by atomic mass is 32.2. The molecule has 0 bridgehead atoms. The molecule has 25 heavy (non-hydrogen) atoms. The second kappa shape index (κ2) is 8.50. The minimum absolute atomic E-state index is 0.0164. The maximum absolute atomic E-state index is 12.7. The second-order valence-electron chi connectivity index (χ2n) is 5.12. The predicted molar refractivity (Wildman–Crippen MR) is 92.5 cm³/mol. The Morgan fingerprint density at radius 1 is 1.32 bits per heavy atom. The topological polar surface area (TPSA) is 88.9 Å². The van der Waals surface area contributed by atoms with Crippen LogP contribution in [-0.2, 0) is 21.4 Å². The average Bonchev–Trinajstić information content (AvgIpc) is 3.13. The molecule has 2 rings (SSSR count). The van der Waals surface area contributed by atoms with E-state index in [-0.39, 0.29) is 24.5 Å². The fraction of sp³-hybridized carbons (Fsp3) is 0.235. The zero-order valence-electron chi connectivity index (χ0n) is 13.8. The molecule has 0 aliphatic rings. The summed E-state index contributed by atoms with van der Waals surface area (Å²) in [7, 11) is -2.34. The van der Waals surface area contributed by atoms with Crippen LogP contribution in [0.25, 0.3) is 0 Å². The first-order valence-corrected chi connectivity index (χ1v) is 8.95. The third-order valence-electron chi connectivity index (χ3n) is 3.39. The number of hydrogen-bond donors (Lipinski definition) is 1. The molecule has 0 spiro atoms. The van der Waals surface area contributed by atoms with E-state index in [2.05, 4.69) is 11.9 Å². The van der Waals surface area contributed by atoms with Crippen LogP contribution >= 0.6 is 0 Å². The van der Waals surface area contributed by atoms with E-state index >= 15 is 0 Å². The minimum atomic E-state index is -3.83. The number of nitrogens with zero attached hydrogens (tertiary/aromatic N) is 1. The van der Waals surface area contributed by atoms with Gasteiger partial charge in [0, 0.05) is 6.54 Å². The third-order valence-corrected chi connectivity index (χ3v) is 5.22. The fourth-order valence-corrected chi connectivity index (χ4v) is 3.47. The van der Waals surface area contributed by atoms with E-state index in [9.17, 15) is 13.2 Å². The van der Waals surface area contributed by atoms with E-state index < -0.39 is 15.9 Å². The van der Waals surface area contributed by atoms with Gasteiger partial charge in [-0.25, -0.2) is 8.42 Å². The van der Waals surface area contributed by atoms with Crippen LogP contribution in [0.15, 0.2) is 64.6 Å². The first-order chi connectivity index (χ1) is 12.0. The summed E-state index contributed by atoms with van der Waals surface area (Å²) in [5.41, 5.74) is 0. The zero-order valence-corrected chi connectivity index (χ0v) is 14.7. The monoisotopic (exact) mass is 364 g/mol. The quantitative estimate of drug-likeness (QED) is 0.685. The Hall–Kier alpha value is -2.58. The van der Waals surface area contributed by atoms with Crippen molar-refractivity contribution in [3.63, 3.8) is 0 Å². The number of sulfonamides is 1. The summed E-state index contributed by atoms with van der Waals surface area (Å²) in [5, 5.41) is 2.62. The minimum Gasteiger partial charge on any atom is -0.497 e. The van der Waals surface area contributed by atoms with Crippen LogP contribution in [0.1, 0.15) is 5.76 Å². The summed E-state index contributed by atoms with van der Waals surface area (Å²) in [6.45, 7) is 3.45. The van der Waals surface area contributed by atoms with Crippen LogP contribution < -0.4 is 10.1 Å². The van der Waals surface area contributed by atoms with E-state index in [0.717, 1.165) is 4.31 Å². The first-order valence-electron chi connectivity index (χ1n) is 7.51. The Bertz CT molecular complexity index is 798. The molecule has 1 N–H and O–H groups in total. The standard InChI is InChI=1S/C17H20N2O5S/c1-3-10-19(13-17(20)18-12-15-5-4-11-24-15)25(21,22)16-8-6-14(23-2)7-9-16/h3-9,11H,1,10,12-13H2,2H3,(H,18,20). The van der Waals surface area contributed by atoms with Gasteiger partial charge in [-0.05, 0) is 36.4 Å². The molecule has 0 fully saturated rings. The molecule has 0 aliphatic carbocycles. The van der Waals surface area contributed by atoms with Crippen LogP contribution in [0.2, 0.25) is 0 Å². The molecule has 8 heteroatoms. The van der Waals surface area contributed by atoms with Gasteiger partial charge < -0.3 is 14.5 Å². The van der Waals surface area contributed by atoms with Crippen molar-refractivity contribution in [1.82, 2.24) is 9.62 Å². The predicted octanol–water partition coefficient (Wildman–Crippen LogP) is 1.78. The van der Waals surface area contributed by atoms with Gasteiger partial charge in [0.25, 0.3) is 0 Å². The van der Waals surface area contributed by atoms with E-state index in [1.54, 1.807) is 24.3 Å². The number of carbonyl (C=O) groups is 1. The van der Waals surface area contributed by atoms with Crippen molar-refractivity contribution >= 4 is 15.9 Å². The lowest BCUT2D eigenvalue weighted by molar-refractivity contribution is -0.121. The van der Waals surface area contributed by atoms with Gasteiger partial charge in [-0.15, -0.1) is 6.58 Å². The maximum Gasteiger partial charge on any atom is 0.243 e. The Morgan fingerprint density at radius 2 is 2.04 bits per heavy atom. The largest absolute Gasteiger partial charge is 0.497 e. The number of carbonyl (C=O) groups excluding carboxylic acids is 1. The molecule has 0 saturated heterocycles. The fourth-order valence-electron chi connectivity index (χ4n) is 2.10. The molecule has 0 radical (unpaired) electrons. The van der Waals surface area contributed by atoms with Gasteiger partial charge in [-0.1, -0.05) is 6.08 Å². The molecule has 0 atom stereocenters. The number of furan rings is 1. The molecule has 7 nitrogen and oxygen atoms in total. The highest BCUT2D eigenvalue weighted by Crippen LogP contribution is 2.19. The molecular weight excluding hydrogens is 344 g/mol. The highest BCUT2D eigenvalue weighted by molar-refractivity contribution is 7.89. The molecule has 0 aliphatic heterocycles. The van der Waals surface area contributed by atoms with Crippen LogP contribution in [0, 0.1) is 0 Å². The van der Waals surface area contributed by atoms with Gasteiger partial charge in [0.05, 0.1) is 31.4 Å². The van der Waals surface area contributed by atoms with Crippen LogP contribution in [0.4, 0.5) is 0 Å². The number of methoxy groups -OCH3 is 1. The molecule has 2 aromatic rings. The summed E-state index contributed by atoms with van der Waals surface area (Å²) in [6.07, 6.45) is 2.93. The summed E-state index contributed by atoms with van der Waals surface area (Å²) < 4.78 is 36.7. The van der Waals surface area contributed by atoms with Gasteiger partial charge in [-0.3, -0.25) is 4.79 Å². The van der Waals surface area contributed by atoms with Crippen LogP contribution in [0.3, 0.4) is 0 Å². The van der Waals surface area contributed by atoms with E-state index in [4.69, 9.17) is 9.15 Å². The Morgan fingerprint density at radius 3 is 2.60 bits per heavy atom. The summed E-state index contributed by atoms with van der Waals surface area (Å²) in [4.78, 5) is 12.2. The number of benzene rings is 1. The summed E-state index contributed by atoms with van der Waals surface area (Å²) in [5.74, 6) is 0.697. The van der Waals surface area contributed by atoms with Crippen molar-refractivity contribution in [2.45, 2.75) is 11.4 Å². The van der Waals surface area contributed by atoms with E-state index in [0.29, 0.717) is 11.5 Å². The Labute approximate surface area is 146 Å². The van der Waals surface area contributed by atoms with Gasteiger partial charge >= 0.3 is 0 Å². The highest BCUT2D eigenvalue weighted by Gasteiger charge is 2.25. The molecule has 1 amide bonds. The first kappa shape index (κ1) is 18.8. The average molecular weight is 364 g/mol. The van der Waals surface area contributed by atoms with Gasteiger partial charge in [-0.2, -0.15) is 4.31 Å². The lowest BCUT2D eigenvalue weighted by atomic mass is 10.3. The number of rotatable bonds is 9. The SMILES string of the molecule is C=CCN(CC(=O)NCc1ccco1)S(=O)(=O)c1ccc(OC)cc1. The Balaban J connectivity index is 2.08. The number of hydrogen-bond acceptors (Lipinski definition) is 5. The molecular formula is C17H20N2O5S. The van der Waals surface area contributed by atoms with Crippen LogP contribution in [0.5, 0.6) is 5.75 Å². The smallest absolute Gasteiger partial charge is 0.243 e. The number of amides is 1. The van der Waals surface area contributed by atoms with Crippen molar-refractivity contribution in [2.75, 3.05) is 20.2 Å². The van der Waals surface area contributed by atoms with E-state index in [1.165, 1.54) is 31.6 Å². The van der Waals surface area contributed by atoms with Crippen LogP contribution in [-0.4, -0.2) is 38.8 Å². The van der Waals surface area contributed by atoms with E-state index in [1.807, 2.05) is 0 Å². The van der Waals surface area contributed by atoms with Crippen molar-refractivity contribution < 1.29 is 22.4 Å². The normalized spacial score (nSPS) is 11.3.